The van der Waals surface area contributed by atoms with Crippen LogP contribution in [0.3, 0.4) is 0 Å². The molecule has 0 aliphatic rings. The van der Waals surface area contributed by atoms with Gasteiger partial charge in [0.2, 0.25) is 0 Å². The van der Waals surface area contributed by atoms with Gasteiger partial charge < -0.3 is 15.5 Å². The summed E-state index contributed by atoms with van der Waals surface area (Å²) in [5, 5.41) is 28.3. The van der Waals surface area contributed by atoms with Crippen molar-refractivity contribution < 1.29 is 15.0 Å². The second-order valence-corrected chi connectivity index (χ2v) is 4.45. The zero-order valence-corrected chi connectivity index (χ0v) is 9.97. The molecule has 0 radical (unpaired) electrons. The summed E-state index contributed by atoms with van der Waals surface area (Å²) < 4.78 is 0. The maximum atomic E-state index is 12.0. The molecule has 0 bridgehead atoms. The number of H-pyrrole nitrogens is 1. The number of amides is 1. The summed E-state index contributed by atoms with van der Waals surface area (Å²) in [5.74, 6) is -0.432. The van der Waals surface area contributed by atoms with Crippen LogP contribution in [-0.2, 0) is 0 Å². The minimum Gasteiger partial charge on any atom is -0.394 e. The predicted octanol–water partition coefficient (Wildman–Crippen LogP) is 0.0360. The zero-order chi connectivity index (χ0) is 13.2. The fourth-order valence-electron chi connectivity index (χ4n) is 1.60. The molecule has 1 aromatic carbocycles. The molecule has 0 atom stereocenters. The first-order chi connectivity index (χ1) is 8.59. The number of hydrogen-bond acceptors (Lipinski definition) is 4. The van der Waals surface area contributed by atoms with E-state index in [1.807, 2.05) is 18.2 Å². The third-order valence-corrected chi connectivity index (χ3v) is 2.80. The number of carbonyl (C=O) groups excluding carboxylic acids is 1. The first-order valence-corrected chi connectivity index (χ1v) is 5.57. The molecule has 1 amide bonds. The summed E-state index contributed by atoms with van der Waals surface area (Å²) in [6, 6.07) is 7.25. The number of nitrogens with one attached hydrogen (secondary N) is 2. The lowest BCUT2D eigenvalue weighted by molar-refractivity contribution is 0.0721. The van der Waals surface area contributed by atoms with Gasteiger partial charge in [0.15, 0.2) is 5.69 Å². The molecule has 6 heteroatoms. The van der Waals surface area contributed by atoms with Crippen LogP contribution in [0.25, 0.3) is 10.9 Å². The van der Waals surface area contributed by atoms with E-state index in [9.17, 15) is 4.79 Å². The molecule has 6 nitrogen and oxygen atoms in total. The Morgan fingerprint density at radius 3 is 2.72 bits per heavy atom. The largest absolute Gasteiger partial charge is 0.394 e. The van der Waals surface area contributed by atoms with Gasteiger partial charge >= 0.3 is 0 Å². The Balaban J connectivity index is 2.29. The number of nitrogens with zero attached hydrogens (tertiary/aromatic N) is 1. The summed E-state index contributed by atoms with van der Waals surface area (Å²) in [6.07, 6.45) is 0. The normalized spacial score (nSPS) is 11.7. The Hall–Kier alpha value is -1.92. The maximum Gasteiger partial charge on any atom is 0.273 e. The van der Waals surface area contributed by atoms with Crippen molar-refractivity contribution in [1.29, 1.82) is 0 Å². The van der Waals surface area contributed by atoms with E-state index in [0.717, 1.165) is 5.52 Å². The summed E-state index contributed by atoms with van der Waals surface area (Å²) >= 11 is 0. The molecule has 2 aromatic rings. The molecule has 1 aromatic heterocycles. The zero-order valence-electron chi connectivity index (χ0n) is 9.97. The van der Waals surface area contributed by atoms with Crippen molar-refractivity contribution in [3.8, 4) is 0 Å². The van der Waals surface area contributed by atoms with Crippen molar-refractivity contribution in [2.24, 2.45) is 0 Å². The number of fused-ring (bicyclic) bond motifs is 1. The fraction of sp³-hybridized carbons (Fsp3) is 0.333. The monoisotopic (exact) mass is 249 g/mol. The Morgan fingerprint density at radius 2 is 2.06 bits per heavy atom. The van der Waals surface area contributed by atoms with Gasteiger partial charge in [0.1, 0.15) is 0 Å². The van der Waals surface area contributed by atoms with E-state index >= 15 is 0 Å². The highest BCUT2D eigenvalue weighted by Gasteiger charge is 2.26. The van der Waals surface area contributed by atoms with Crippen LogP contribution in [0.4, 0.5) is 0 Å². The summed E-state index contributed by atoms with van der Waals surface area (Å²) in [5.41, 5.74) is -0.0481. The standard InChI is InChI=1S/C12H15N3O3/c1-12(6-16,7-17)13-11(18)10-8-4-2-3-5-9(8)14-15-10/h2-5,16-17H,6-7H2,1H3,(H,13,18)(H,14,15). The van der Waals surface area contributed by atoms with E-state index in [4.69, 9.17) is 10.2 Å². The van der Waals surface area contributed by atoms with Crippen molar-refractivity contribution >= 4 is 16.8 Å². The second-order valence-electron chi connectivity index (χ2n) is 4.45. The number of para-hydroxylation sites is 1. The van der Waals surface area contributed by atoms with Gasteiger partial charge in [-0.2, -0.15) is 5.10 Å². The van der Waals surface area contributed by atoms with Crippen LogP contribution in [0.15, 0.2) is 24.3 Å². The molecule has 18 heavy (non-hydrogen) atoms. The van der Waals surface area contributed by atoms with Crippen LogP contribution in [0, 0.1) is 0 Å². The Morgan fingerprint density at radius 1 is 1.39 bits per heavy atom. The predicted molar refractivity (Wildman–Crippen MR) is 66.1 cm³/mol. The van der Waals surface area contributed by atoms with Gasteiger partial charge in [0.05, 0.1) is 24.3 Å². The van der Waals surface area contributed by atoms with Crippen molar-refractivity contribution in [3.05, 3.63) is 30.0 Å². The molecule has 4 N–H and O–H groups in total. The van der Waals surface area contributed by atoms with Gasteiger partial charge in [0, 0.05) is 5.39 Å². The van der Waals surface area contributed by atoms with Crippen LogP contribution in [0.1, 0.15) is 17.4 Å². The highest BCUT2D eigenvalue weighted by Crippen LogP contribution is 2.15. The van der Waals surface area contributed by atoms with E-state index in [0.29, 0.717) is 5.39 Å². The third-order valence-electron chi connectivity index (χ3n) is 2.80. The average molecular weight is 249 g/mol. The Labute approximate surface area is 104 Å². The van der Waals surface area contributed by atoms with Crippen LogP contribution in [-0.4, -0.2) is 45.1 Å². The molecule has 0 unspecified atom stereocenters. The van der Waals surface area contributed by atoms with E-state index in [1.165, 1.54) is 0 Å². The van der Waals surface area contributed by atoms with Crippen molar-refractivity contribution in [1.82, 2.24) is 15.5 Å². The lowest BCUT2D eigenvalue weighted by Gasteiger charge is -2.25. The fourth-order valence-corrected chi connectivity index (χ4v) is 1.60. The molecule has 2 rings (SSSR count). The van der Waals surface area contributed by atoms with Gasteiger partial charge in [0.25, 0.3) is 5.91 Å². The Bertz CT molecular complexity index is 560. The van der Waals surface area contributed by atoms with E-state index in [-0.39, 0.29) is 18.9 Å². The van der Waals surface area contributed by atoms with E-state index < -0.39 is 11.4 Å². The highest BCUT2D eigenvalue weighted by atomic mass is 16.3. The topological polar surface area (TPSA) is 98.2 Å². The lowest BCUT2D eigenvalue weighted by Crippen LogP contribution is -2.51. The minimum atomic E-state index is -1.06. The van der Waals surface area contributed by atoms with Crippen molar-refractivity contribution in [2.75, 3.05) is 13.2 Å². The van der Waals surface area contributed by atoms with Gasteiger partial charge in [-0.1, -0.05) is 18.2 Å². The number of aliphatic hydroxyl groups is 2. The Kier molecular flexibility index (Phi) is 3.31. The molecule has 1 heterocycles. The molecular formula is C12H15N3O3. The van der Waals surface area contributed by atoms with E-state index in [2.05, 4.69) is 15.5 Å². The van der Waals surface area contributed by atoms with Gasteiger partial charge in [-0.15, -0.1) is 0 Å². The molecule has 0 aliphatic heterocycles. The highest BCUT2D eigenvalue weighted by molar-refractivity contribution is 6.04. The number of aromatic nitrogens is 2. The molecule has 0 aliphatic carbocycles. The SMILES string of the molecule is CC(CO)(CO)NC(=O)c1n[nH]c2ccccc12. The molecule has 0 saturated carbocycles. The van der Waals surface area contributed by atoms with Gasteiger partial charge in [-0.25, -0.2) is 0 Å². The summed E-state index contributed by atoms with van der Waals surface area (Å²) in [6.45, 7) is 0.856. The van der Waals surface area contributed by atoms with Crippen LogP contribution < -0.4 is 5.32 Å². The number of carbonyl (C=O) groups is 1. The van der Waals surface area contributed by atoms with Crippen molar-refractivity contribution in [2.45, 2.75) is 12.5 Å². The first kappa shape index (κ1) is 12.5. The van der Waals surface area contributed by atoms with Crippen LogP contribution in [0.5, 0.6) is 0 Å². The molecule has 96 valence electrons. The van der Waals surface area contributed by atoms with Gasteiger partial charge in [-0.3, -0.25) is 9.89 Å². The van der Waals surface area contributed by atoms with Crippen LogP contribution in [0.2, 0.25) is 0 Å². The molecule has 0 spiro atoms. The number of benzene rings is 1. The quantitative estimate of drug-likeness (QED) is 0.614. The smallest absolute Gasteiger partial charge is 0.273 e. The first-order valence-electron chi connectivity index (χ1n) is 5.57. The average Bonchev–Trinajstić information content (AvgIpc) is 2.82. The molecule has 0 saturated heterocycles. The second kappa shape index (κ2) is 4.75. The van der Waals surface area contributed by atoms with Crippen LogP contribution >= 0.6 is 0 Å². The maximum absolute atomic E-state index is 12.0. The number of aromatic amines is 1. The van der Waals surface area contributed by atoms with E-state index in [1.54, 1.807) is 13.0 Å². The summed E-state index contributed by atoms with van der Waals surface area (Å²) in [7, 11) is 0. The molecular weight excluding hydrogens is 234 g/mol. The number of hydrogen-bond donors (Lipinski definition) is 4. The number of aliphatic hydroxyl groups excluding tert-OH is 2. The third kappa shape index (κ3) is 2.20. The van der Waals surface area contributed by atoms with Gasteiger partial charge in [-0.05, 0) is 13.0 Å². The summed E-state index contributed by atoms with van der Waals surface area (Å²) in [4.78, 5) is 12.0. The lowest BCUT2D eigenvalue weighted by atomic mass is 10.1. The minimum absolute atomic E-state index is 0.249. The van der Waals surface area contributed by atoms with Crippen molar-refractivity contribution in [3.63, 3.8) is 0 Å². The molecule has 0 fully saturated rings. The number of rotatable bonds is 4.